The Hall–Kier alpha value is -2.40. The van der Waals surface area contributed by atoms with Gasteiger partial charge in [0, 0.05) is 16.5 Å². The van der Waals surface area contributed by atoms with Crippen molar-refractivity contribution in [1.29, 1.82) is 0 Å². The maximum absolute atomic E-state index is 13.1. The summed E-state index contributed by atoms with van der Waals surface area (Å²) in [6, 6.07) is 23.7. The van der Waals surface area contributed by atoms with Gasteiger partial charge in [-0.3, -0.25) is 9.69 Å². The SMILES string of the molecule is O=C1CSC(c2ccc(Cl)c(Cl)c2)N1c1c(-c2ccccc2)[nH]c2ccccc12. The van der Waals surface area contributed by atoms with Gasteiger partial charge in [-0.25, -0.2) is 0 Å². The van der Waals surface area contributed by atoms with Crippen LogP contribution < -0.4 is 4.90 Å². The number of hydrogen-bond donors (Lipinski definition) is 1. The average molecular weight is 439 g/mol. The third-order valence-electron chi connectivity index (χ3n) is 5.08. The number of hydrogen-bond acceptors (Lipinski definition) is 2. The smallest absolute Gasteiger partial charge is 0.238 e. The molecule has 1 amide bonds. The summed E-state index contributed by atoms with van der Waals surface area (Å²) in [4.78, 5) is 18.5. The highest BCUT2D eigenvalue weighted by molar-refractivity contribution is 8.00. The molecule has 144 valence electrons. The number of fused-ring (bicyclic) bond motifs is 1. The average Bonchev–Trinajstić information content (AvgIpc) is 3.31. The molecule has 1 atom stereocenters. The zero-order chi connectivity index (χ0) is 20.0. The first-order valence-electron chi connectivity index (χ1n) is 9.18. The molecule has 1 N–H and O–H groups in total. The molecule has 0 bridgehead atoms. The van der Waals surface area contributed by atoms with E-state index in [1.807, 2.05) is 53.4 Å². The summed E-state index contributed by atoms with van der Waals surface area (Å²) in [5, 5.41) is 1.85. The molecular weight excluding hydrogens is 423 g/mol. The van der Waals surface area contributed by atoms with E-state index in [9.17, 15) is 4.79 Å². The van der Waals surface area contributed by atoms with Crippen LogP contribution in [0.3, 0.4) is 0 Å². The number of H-pyrrole nitrogens is 1. The molecule has 4 aromatic rings. The zero-order valence-electron chi connectivity index (χ0n) is 15.2. The molecule has 29 heavy (non-hydrogen) atoms. The lowest BCUT2D eigenvalue weighted by Crippen LogP contribution is -2.28. The van der Waals surface area contributed by atoms with Crippen LogP contribution in [0.15, 0.2) is 72.8 Å². The molecule has 1 fully saturated rings. The number of rotatable bonds is 3. The molecule has 0 aliphatic carbocycles. The van der Waals surface area contributed by atoms with Gasteiger partial charge in [0.15, 0.2) is 0 Å². The van der Waals surface area contributed by atoms with Crippen LogP contribution in [-0.2, 0) is 4.79 Å². The number of amides is 1. The fraction of sp³-hybridized carbons (Fsp3) is 0.0870. The van der Waals surface area contributed by atoms with E-state index in [2.05, 4.69) is 23.2 Å². The van der Waals surface area contributed by atoms with Crippen LogP contribution in [0.2, 0.25) is 10.0 Å². The molecule has 1 unspecified atom stereocenters. The van der Waals surface area contributed by atoms with E-state index >= 15 is 0 Å². The Labute approximate surface area is 182 Å². The minimum absolute atomic E-state index is 0.0769. The van der Waals surface area contributed by atoms with E-state index in [-0.39, 0.29) is 11.3 Å². The number of benzene rings is 3. The van der Waals surface area contributed by atoms with Gasteiger partial charge < -0.3 is 4.98 Å². The van der Waals surface area contributed by atoms with Crippen LogP contribution in [-0.4, -0.2) is 16.6 Å². The Morgan fingerprint density at radius 2 is 1.69 bits per heavy atom. The number of aromatic amines is 1. The lowest BCUT2D eigenvalue weighted by Gasteiger charge is -2.25. The Bertz CT molecular complexity index is 1220. The summed E-state index contributed by atoms with van der Waals surface area (Å²) in [5.41, 5.74) is 4.83. The topological polar surface area (TPSA) is 36.1 Å². The predicted molar refractivity (Wildman–Crippen MR) is 123 cm³/mol. The Kier molecular flexibility index (Phi) is 4.78. The molecule has 2 heterocycles. The zero-order valence-corrected chi connectivity index (χ0v) is 17.6. The molecule has 1 aliphatic heterocycles. The molecule has 0 spiro atoms. The van der Waals surface area contributed by atoms with Gasteiger partial charge in [-0.05, 0) is 23.8 Å². The third-order valence-corrected chi connectivity index (χ3v) is 7.03. The Morgan fingerprint density at radius 3 is 2.48 bits per heavy atom. The van der Waals surface area contributed by atoms with E-state index < -0.39 is 0 Å². The molecule has 3 nitrogen and oxygen atoms in total. The lowest BCUT2D eigenvalue weighted by molar-refractivity contribution is -0.115. The minimum atomic E-state index is -0.168. The first kappa shape index (κ1) is 18.6. The highest BCUT2D eigenvalue weighted by Crippen LogP contribution is 2.48. The number of nitrogens with one attached hydrogen (secondary N) is 1. The van der Waals surface area contributed by atoms with Gasteiger partial charge >= 0.3 is 0 Å². The fourth-order valence-electron chi connectivity index (χ4n) is 3.77. The van der Waals surface area contributed by atoms with Gasteiger partial charge in [-0.15, -0.1) is 11.8 Å². The van der Waals surface area contributed by atoms with E-state index in [0.717, 1.165) is 33.4 Å². The Balaban J connectivity index is 1.72. The van der Waals surface area contributed by atoms with E-state index in [1.54, 1.807) is 17.8 Å². The van der Waals surface area contributed by atoms with Gasteiger partial charge in [-0.2, -0.15) is 0 Å². The standard InChI is InChI=1S/C23H16Cl2N2OS/c24-17-11-10-15(12-18(17)25)23-27(20(28)13-29-23)22-16-8-4-5-9-19(16)26-21(22)14-6-2-1-3-7-14/h1-12,23,26H,13H2. The van der Waals surface area contributed by atoms with Crippen molar-refractivity contribution < 1.29 is 4.79 Å². The molecule has 1 aromatic heterocycles. The van der Waals surface area contributed by atoms with Gasteiger partial charge in [0.05, 0.1) is 27.2 Å². The minimum Gasteiger partial charge on any atom is -0.353 e. The van der Waals surface area contributed by atoms with Gasteiger partial charge in [0.1, 0.15) is 5.37 Å². The molecule has 5 rings (SSSR count). The molecule has 1 aliphatic rings. The van der Waals surface area contributed by atoms with Crippen LogP contribution in [0.5, 0.6) is 0 Å². The second kappa shape index (κ2) is 7.45. The molecule has 1 saturated heterocycles. The number of aromatic nitrogens is 1. The summed E-state index contributed by atoms with van der Waals surface area (Å²) in [7, 11) is 0. The Morgan fingerprint density at radius 1 is 0.931 bits per heavy atom. The maximum Gasteiger partial charge on any atom is 0.238 e. The van der Waals surface area contributed by atoms with Gasteiger partial charge in [0.25, 0.3) is 0 Å². The van der Waals surface area contributed by atoms with Crippen LogP contribution in [0.25, 0.3) is 22.2 Å². The molecule has 0 radical (unpaired) electrons. The largest absolute Gasteiger partial charge is 0.353 e. The van der Waals surface area contributed by atoms with Crippen molar-refractivity contribution in [3.63, 3.8) is 0 Å². The van der Waals surface area contributed by atoms with E-state index in [1.165, 1.54) is 0 Å². The number of carbonyl (C=O) groups excluding carboxylic acids is 1. The van der Waals surface area contributed by atoms with Crippen LogP contribution >= 0.6 is 35.0 Å². The molecule has 6 heteroatoms. The fourth-order valence-corrected chi connectivity index (χ4v) is 5.23. The quantitative estimate of drug-likeness (QED) is 0.376. The summed E-state index contributed by atoms with van der Waals surface area (Å²) < 4.78 is 0. The van der Waals surface area contributed by atoms with Crippen LogP contribution in [0, 0.1) is 0 Å². The number of thioether (sulfide) groups is 1. The molecular formula is C23H16Cl2N2OS. The van der Waals surface area contributed by atoms with Crippen molar-refractivity contribution in [2.75, 3.05) is 10.7 Å². The third kappa shape index (κ3) is 3.21. The normalized spacial score (nSPS) is 16.7. The number of halogens is 2. The second-order valence-electron chi connectivity index (χ2n) is 6.86. The van der Waals surface area contributed by atoms with Crippen molar-refractivity contribution in [3.8, 4) is 11.3 Å². The number of carbonyl (C=O) groups is 1. The summed E-state index contributed by atoms with van der Waals surface area (Å²) >= 11 is 14.0. The van der Waals surface area contributed by atoms with Crippen molar-refractivity contribution in [2.24, 2.45) is 0 Å². The van der Waals surface area contributed by atoms with Crippen molar-refractivity contribution in [1.82, 2.24) is 4.98 Å². The van der Waals surface area contributed by atoms with Gasteiger partial charge in [-0.1, -0.05) is 77.8 Å². The summed E-state index contributed by atoms with van der Waals surface area (Å²) in [6.07, 6.45) is 0. The molecule has 0 saturated carbocycles. The highest BCUT2D eigenvalue weighted by Gasteiger charge is 2.37. The lowest BCUT2D eigenvalue weighted by atomic mass is 10.1. The first-order chi connectivity index (χ1) is 14.1. The first-order valence-corrected chi connectivity index (χ1v) is 11.0. The van der Waals surface area contributed by atoms with E-state index in [4.69, 9.17) is 23.2 Å². The summed E-state index contributed by atoms with van der Waals surface area (Å²) in [6.45, 7) is 0. The van der Waals surface area contributed by atoms with Crippen molar-refractivity contribution in [3.05, 3.63) is 88.4 Å². The van der Waals surface area contributed by atoms with Crippen LogP contribution in [0.4, 0.5) is 5.69 Å². The van der Waals surface area contributed by atoms with Crippen molar-refractivity contribution in [2.45, 2.75) is 5.37 Å². The number of para-hydroxylation sites is 1. The van der Waals surface area contributed by atoms with E-state index in [0.29, 0.717) is 15.8 Å². The highest BCUT2D eigenvalue weighted by atomic mass is 35.5. The van der Waals surface area contributed by atoms with Crippen molar-refractivity contribution >= 4 is 57.5 Å². The summed E-state index contributed by atoms with van der Waals surface area (Å²) in [5.74, 6) is 0.492. The predicted octanol–water partition coefficient (Wildman–Crippen LogP) is 6.92. The monoisotopic (exact) mass is 438 g/mol. The maximum atomic E-state index is 13.1. The molecule has 3 aromatic carbocycles. The number of nitrogens with zero attached hydrogens (tertiary/aromatic N) is 1. The number of anilines is 1. The van der Waals surface area contributed by atoms with Gasteiger partial charge in [0.2, 0.25) is 5.91 Å². The van der Waals surface area contributed by atoms with Crippen LogP contribution in [0.1, 0.15) is 10.9 Å². The second-order valence-corrected chi connectivity index (χ2v) is 8.74.